The Morgan fingerprint density at radius 2 is 1.91 bits per heavy atom. The Balaban J connectivity index is 1.85. The molecule has 1 spiro atoms. The molecule has 1 nitrogen and oxygen atoms in total. The number of carbonyl (C=O) groups is 1. The van der Waals surface area contributed by atoms with E-state index in [-0.39, 0.29) is 5.92 Å². The summed E-state index contributed by atoms with van der Waals surface area (Å²) in [5.74, 6) is 1.20. The van der Waals surface area contributed by atoms with Gasteiger partial charge in [0, 0.05) is 11.8 Å². The molecule has 0 radical (unpaired) electrons. The Kier molecular flexibility index (Phi) is 1.39. The Morgan fingerprint density at radius 1 is 1.36 bits per heavy atom. The Morgan fingerprint density at radius 3 is 2.27 bits per heavy atom. The summed E-state index contributed by atoms with van der Waals surface area (Å²) in [4.78, 5) is 11.4. The molecule has 0 aromatic heterocycles. The molecule has 1 heteroatoms. The van der Waals surface area contributed by atoms with Crippen LogP contribution in [0.3, 0.4) is 0 Å². The summed E-state index contributed by atoms with van der Waals surface area (Å²) >= 11 is 0. The number of ketones is 1. The molecule has 0 heterocycles. The van der Waals surface area contributed by atoms with E-state index in [4.69, 9.17) is 0 Å². The van der Waals surface area contributed by atoms with Crippen molar-refractivity contribution >= 4 is 5.78 Å². The van der Waals surface area contributed by atoms with Gasteiger partial charge >= 0.3 is 0 Å². The summed E-state index contributed by atoms with van der Waals surface area (Å²) < 4.78 is 0. The van der Waals surface area contributed by atoms with Gasteiger partial charge in [-0.1, -0.05) is 13.8 Å². The SMILES string of the molecule is CC(C)C(=O)C1CC2(CC2)C1. The molecule has 0 aromatic rings. The Bertz CT molecular complexity index is 181. The van der Waals surface area contributed by atoms with Gasteiger partial charge in [-0.3, -0.25) is 4.79 Å². The first-order valence-electron chi connectivity index (χ1n) is 4.67. The van der Waals surface area contributed by atoms with Crippen LogP contribution in [0.4, 0.5) is 0 Å². The lowest BCUT2D eigenvalue weighted by molar-refractivity contribution is -0.130. The molecule has 0 amide bonds. The molecule has 0 N–H and O–H groups in total. The second kappa shape index (κ2) is 2.09. The minimum absolute atomic E-state index is 0.260. The fraction of sp³-hybridized carbons (Fsp3) is 0.900. The van der Waals surface area contributed by atoms with Crippen LogP contribution in [0, 0.1) is 17.3 Å². The van der Waals surface area contributed by atoms with Crippen LogP contribution in [0.1, 0.15) is 39.5 Å². The van der Waals surface area contributed by atoms with Crippen LogP contribution >= 0.6 is 0 Å². The smallest absolute Gasteiger partial charge is 0.138 e. The lowest BCUT2D eigenvalue weighted by atomic mass is 9.68. The number of hydrogen-bond acceptors (Lipinski definition) is 1. The van der Waals surface area contributed by atoms with Crippen LogP contribution in [0.15, 0.2) is 0 Å². The van der Waals surface area contributed by atoms with Crippen molar-refractivity contribution in [1.29, 1.82) is 0 Å². The Labute approximate surface area is 68.2 Å². The van der Waals surface area contributed by atoms with Gasteiger partial charge in [0.2, 0.25) is 0 Å². The van der Waals surface area contributed by atoms with Crippen molar-refractivity contribution < 1.29 is 4.79 Å². The maximum atomic E-state index is 11.4. The van der Waals surface area contributed by atoms with Crippen LogP contribution in [0.5, 0.6) is 0 Å². The first-order valence-corrected chi connectivity index (χ1v) is 4.67. The van der Waals surface area contributed by atoms with Crippen molar-refractivity contribution in [1.82, 2.24) is 0 Å². The van der Waals surface area contributed by atoms with Crippen molar-refractivity contribution in [2.75, 3.05) is 0 Å². The van der Waals surface area contributed by atoms with Crippen molar-refractivity contribution in [2.24, 2.45) is 17.3 Å². The van der Waals surface area contributed by atoms with E-state index >= 15 is 0 Å². The molecule has 2 rings (SSSR count). The Hall–Kier alpha value is -0.330. The summed E-state index contributed by atoms with van der Waals surface area (Å²) in [6.07, 6.45) is 5.22. The van der Waals surface area contributed by atoms with Crippen LogP contribution in [0.25, 0.3) is 0 Å². The molecule has 0 aliphatic heterocycles. The third kappa shape index (κ3) is 1.11. The summed E-state index contributed by atoms with van der Waals surface area (Å²) in [5, 5.41) is 0. The maximum absolute atomic E-state index is 11.4. The zero-order valence-electron chi connectivity index (χ0n) is 7.39. The summed E-state index contributed by atoms with van der Waals surface area (Å²) in [5.41, 5.74) is 0.690. The fourth-order valence-electron chi connectivity index (χ4n) is 2.24. The van der Waals surface area contributed by atoms with E-state index in [0.29, 0.717) is 17.1 Å². The van der Waals surface area contributed by atoms with Crippen molar-refractivity contribution in [2.45, 2.75) is 39.5 Å². The highest BCUT2D eigenvalue weighted by molar-refractivity contribution is 5.83. The molecule has 0 aromatic carbocycles. The predicted molar refractivity (Wildman–Crippen MR) is 44.2 cm³/mol. The van der Waals surface area contributed by atoms with Gasteiger partial charge in [-0.05, 0) is 31.1 Å². The third-order valence-electron chi connectivity index (χ3n) is 3.29. The third-order valence-corrected chi connectivity index (χ3v) is 3.29. The molecule has 0 saturated heterocycles. The van der Waals surface area contributed by atoms with Gasteiger partial charge in [0.25, 0.3) is 0 Å². The van der Waals surface area contributed by atoms with Gasteiger partial charge in [-0.2, -0.15) is 0 Å². The highest BCUT2D eigenvalue weighted by atomic mass is 16.1. The predicted octanol–water partition coefficient (Wildman–Crippen LogP) is 2.40. The standard InChI is InChI=1S/C10H16O/c1-7(2)9(11)8-5-10(6-8)3-4-10/h7-8H,3-6H2,1-2H3. The van der Waals surface area contributed by atoms with E-state index in [0.717, 1.165) is 0 Å². The van der Waals surface area contributed by atoms with Gasteiger partial charge in [0.05, 0.1) is 0 Å². The van der Waals surface area contributed by atoms with Crippen LogP contribution in [0.2, 0.25) is 0 Å². The second-order valence-electron chi connectivity index (χ2n) is 4.66. The molecule has 11 heavy (non-hydrogen) atoms. The van der Waals surface area contributed by atoms with E-state index < -0.39 is 0 Å². The number of rotatable bonds is 2. The van der Waals surface area contributed by atoms with Gasteiger partial charge in [0.15, 0.2) is 0 Å². The second-order valence-corrected chi connectivity index (χ2v) is 4.66. The molecule has 0 atom stereocenters. The molecule has 0 unspecified atom stereocenters. The van der Waals surface area contributed by atoms with Crippen LogP contribution in [-0.2, 0) is 4.79 Å². The molecule has 2 aliphatic rings. The lowest BCUT2D eigenvalue weighted by Crippen LogP contribution is -2.34. The maximum Gasteiger partial charge on any atom is 0.138 e. The van der Waals surface area contributed by atoms with Gasteiger partial charge < -0.3 is 0 Å². The lowest BCUT2D eigenvalue weighted by Gasteiger charge is -2.35. The molecule has 2 aliphatic carbocycles. The van der Waals surface area contributed by atoms with E-state index in [1.807, 2.05) is 13.8 Å². The normalized spacial score (nSPS) is 27.2. The van der Waals surface area contributed by atoms with Crippen molar-refractivity contribution in [3.05, 3.63) is 0 Å². The van der Waals surface area contributed by atoms with Crippen LogP contribution < -0.4 is 0 Å². The van der Waals surface area contributed by atoms with E-state index in [9.17, 15) is 4.79 Å². The molecule has 62 valence electrons. The molecular weight excluding hydrogens is 136 g/mol. The first kappa shape index (κ1) is 7.33. The molecule has 0 bridgehead atoms. The zero-order chi connectivity index (χ0) is 8.06. The number of hydrogen-bond donors (Lipinski definition) is 0. The quantitative estimate of drug-likeness (QED) is 0.593. The fourth-order valence-corrected chi connectivity index (χ4v) is 2.24. The van der Waals surface area contributed by atoms with Crippen molar-refractivity contribution in [3.8, 4) is 0 Å². The molecular formula is C10H16O. The average molecular weight is 152 g/mol. The minimum atomic E-state index is 0.260. The average Bonchev–Trinajstić information content (AvgIpc) is 2.60. The zero-order valence-corrected chi connectivity index (χ0v) is 7.39. The number of carbonyl (C=O) groups excluding carboxylic acids is 1. The highest BCUT2D eigenvalue weighted by Gasteiger charge is 2.54. The van der Waals surface area contributed by atoms with E-state index in [1.165, 1.54) is 25.7 Å². The summed E-state index contributed by atoms with van der Waals surface area (Å²) in [6, 6.07) is 0. The van der Waals surface area contributed by atoms with Gasteiger partial charge in [-0.25, -0.2) is 0 Å². The number of Topliss-reactive ketones (excluding diaryl/α,β-unsaturated/α-hetero) is 1. The van der Waals surface area contributed by atoms with E-state index in [1.54, 1.807) is 0 Å². The largest absolute Gasteiger partial charge is 0.299 e. The minimum Gasteiger partial charge on any atom is -0.299 e. The molecule has 2 fully saturated rings. The summed E-state index contributed by atoms with van der Waals surface area (Å²) in [7, 11) is 0. The highest BCUT2D eigenvalue weighted by Crippen LogP contribution is 2.63. The van der Waals surface area contributed by atoms with Gasteiger partial charge in [0.1, 0.15) is 5.78 Å². The van der Waals surface area contributed by atoms with Crippen molar-refractivity contribution in [3.63, 3.8) is 0 Å². The van der Waals surface area contributed by atoms with Gasteiger partial charge in [-0.15, -0.1) is 0 Å². The van der Waals surface area contributed by atoms with E-state index in [2.05, 4.69) is 0 Å². The topological polar surface area (TPSA) is 17.1 Å². The first-order chi connectivity index (χ1) is 5.13. The monoisotopic (exact) mass is 152 g/mol. The molecule has 2 saturated carbocycles. The van der Waals surface area contributed by atoms with Crippen LogP contribution in [-0.4, -0.2) is 5.78 Å². The summed E-state index contributed by atoms with van der Waals surface area (Å²) in [6.45, 7) is 4.03.